The van der Waals surface area contributed by atoms with E-state index in [1.807, 2.05) is 30.3 Å². The van der Waals surface area contributed by atoms with E-state index in [0.29, 0.717) is 0 Å². The van der Waals surface area contributed by atoms with E-state index in [0.717, 1.165) is 5.56 Å². The van der Waals surface area contributed by atoms with Gasteiger partial charge in [0.05, 0.1) is 13.2 Å². The molecular formula is C19H26O10S. The zero-order chi connectivity index (χ0) is 21.4. The maximum Gasteiger partial charge on any atom is 0.400 e. The molecule has 0 amide bonds. The van der Waals surface area contributed by atoms with Gasteiger partial charge in [-0.1, -0.05) is 30.3 Å². The summed E-state index contributed by atoms with van der Waals surface area (Å²) in [5.41, 5.74) is 0.943. The lowest BCUT2D eigenvalue weighted by molar-refractivity contribution is -0.426. The molecule has 0 saturated carbocycles. The van der Waals surface area contributed by atoms with Gasteiger partial charge in [-0.05, 0) is 12.5 Å². The van der Waals surface area contributed by atoms with Gasteiger partial charge in [-0.2, -0.15) is 8.42 Å². The Bertz CT molecular complexity index is 818. The van der Waals surface area contributed by atoms with Crippen molar-refractivity contribution in [2.45, 2.75) is 56.1 Å². The van der Waals surface area contributed by atoms with Crippen LogP contribution in [0.15, 0.2) is 30.3 Å². The Kier molecular flexibility index (Phi) is 6.45. The summed E-state index contributed by atoms with van der Waals surface area (Å²) in [4.78, 5) is 0. The van der Waals surface area contributed by atoms with Crippen molar-refractivity contribution >= 4 is 10.4 Å². The van der Waals surface area contributed by atoms with Gasteiger partial charge in [0.1, 0.15) is 37.1 Å². The normalized spacial score (nSPS) is 40.4. The van der Waals surface area contributed by atoms with Crippen molar-refractivity contribution in [3.8, 4) is 0 Å². The van der Waals surface area contributed by atoms with Crippen LogP contribution in [-0.2, 0) is 53.8 Å². The first-order valence-corrected chi connectivity index (χ1v) is 11.0. The fourth-order valence-corrected chi connectivity index (χ4v) is 4.76. The van der Waals surface area contributed by atoms with Gasteiger partial charge in [-0.25, -0.2) is 8.37 Å². The Morgan fingerprint density at radius 3 is 2.57 bits per heavy atom. The van der Waals surface area contributed by atoms with Crippen molar-refractivity contribution < 1.29 is 45.2 Å². The summed E-state index contributed by atoms with van der Waals surface area (Å²) in [6, 6.07) is 9.57. The molecule has 10 nitrogen and oxygen atoms in total. The van der Waals surface area contributed by atoms with E-state index in [4.69, 9.17) is 36.8 Å². The predicted molar refractivity (Wildman–Crippen MR) is 100 cm³/mol. The van der Waals surface area contributed by atoms with E-state index in [9.17, 15) is 8.42 Å². The third-order valence-corrected chi connectivity index (χ3v) is 6.34. The zero-order valence-electron chi connectivity index (χ0n) is 17.0. The zero-order valence-corrected chi connectivity index (χ0v) is 17.8. The van der Waals surface area contributed by atoms with Gasteiger partial charge < -0.3 is 28.4 Å². The van der Waals surface area contributed by atoms with Gasteiger partial charge in [0.25, 0.3) is 0 Å². The molecule has 0 aromatic heterocycles. The molecule has 3 fully saturated rings. The van der Waals surface area contributed by atoms with E-state index in [1.54, 1.807) is 6.92 Å². The Morgan fingerprint density at radius 2 is 1.87 bits per heavy atom. The lowest BCUT2D eigenvalue weighted by Gasteiger charge is -2.54. The molecule has 3 aliphatic heterocycles. The molecule has 0 spiro atoms. The number of ether oxygens (including phenoxy) is 6. The highest BCUT2D eigenvalue weighted by molar-refractivity contribution is 7.81. The molecule has 30 heavy (non-hydrogen) atoms. The van der Waals surface area contributed by atoms with Crippen LogP contribution < -0.4 is 0 Å². The first-order chi connectivity index (χ1) is 14.4. The predicted octanol–water partition coefficient (Wildman–Crippen LogP) is 0.750. The minimum absolute atomic E-state index is 0.0929. The van der Waals surface area contributed by atoms with Crippen molar-refractivity contribution in [1.82, 2.24) is 0 Å². The van der Waals surface area contributed by atoms with Crippen LogP contribution >= 0.6 is 0 Å². The molecule has 1 aromatic carbocycles. The molecular weight excluding hydrogens is 420 g/mol. The van der Waals surface area contributed by atoms with Crippen molar-refractivity contribution in [3.05, 3.63) is 35.9 Å². The molecule has 3 heterocycles. The van der Waals surface area contributed by atoms with Crippen LogP contribution in [0.2, 0.25) is 0 Å². The largest absolute Gasteiger partial charge is 0.400 e. The molecule has 3 aliphatic rings. The summed E-state index contributed by atoms with van der Waals surface area (Å²) in [6.45, 7) is 1.91. The van der Waals surface area contributed by atoms with Crippen molar-refractivity contribution in [1.29, 1.82) is 0 Å². The highest BCUT2D eigenvalue weighted by Gasteiger charge is 2.60. The molecule has 7 atom stereocenters. The van der Waals surface area contributed by atoms with Gasteiger partial charge in [-0.3, -0.25) is 0 Å². The molecule has 4 rings (SSSR count). The van der Waals surface area contributed by atoms with Gasteiger partial charge in [0.2, 0.25) is 5.79 Å². The molecule has 0 aliphatic carbocycles. The second-order valence-electron chi connectivity index (χ2n) is 7.37. The lowest BCUT2D eigenvalue weighted by atomic mass is 9.95. The Morgan fingerprint density at radius 1 is 1.10 bits per heavy atom. The Labute approximate surface area is 175 Å². The quantitative estimate of drug-likeness (QED) is 0.621. The SMILES string of the molecule is COC[C@@]1(OC)O[C@H]2[C@H](OCc3ccccc3)O[C@@H]3COS(=O)(=O)O[C@H]3[C@@H]2O[C@@H]1C. The molecule has 168 valence electrons. The first-order valence-electron chi connectivity index (χ1n) is 9.63. The molecule has 0 unspecified atom stereocenters. The van der Waals surface area contributed by atoms with Crippen LogP contribution in [0.1, 0.15) is 12.5 Å². The fourth-order valence-electron chi connectivity index (χ4n) is 3.90. The topological polar surface area (TPSA) is 108 Å². The van der Waals surface area contributed by atoms with Gasteiger partial charge in [0.15, 0.2) is 6.29 Å². The van der Waals surface area contributed by atoms with Gasteiger partial charge in [0, 0.05) is 14.2 Å². The summed E-state index contributed by atoms with van der Waals surface area (Å²) < 4.78 is 69.0. The second-order valence-corrected chi connectivity index (χ2v) is 8.61. The molecule has 1 aromatic rings. The molecule has 0 radical (unpaired) electrons. The monoisotopic (exact) mass is 446 g/mol. The summed E-state index contributed by atoms with van der Waals surface area (Å²) >= 11 is 0. The van der Waals surface area contributed by atoms with Crippen LogP contribution in [0.5, 0.6) is 0 Å². The highest BCUT2D eigenvalue weighted by Crippen LogP contribution is 2.41. The maximum absolute atomic E-state index is 11.9. The van der Waals surface area contributed by atoms with Crippen molar-refractivity contribution in [2.75, 3.05) is 27.4 Å². The molecule has 0 N–H and O–H groups in total. The van der Waals surface area contributed by atoms with E-state index in [-0.39, 0.29) is 19.8 Å². The Balaban J connectivity index is 1.60. The van der Waals surface area contributed by atoms with E-state index in [2.05, 4.69) is 0 Å². The number of rotatable bonds is 6. The Hall–Kier alpha value is -1.15. The number of hydrogen-bond acceptors (Lipinski definition) is 10. The summed E-state index contributed by atoms with van der Waals surface area (Å²) in [7, 11) is -1.14. The number of benzene rings is 1. The van der Waals surface area contributed by atoms with Gasteiger partial charge >= 0.3 is 10.4 Å². The van der Waals surface area contributed by atoms with Gasteiger partial charge in [-0.15, -0.1) is 0 Å². The van der Waals surface area contributed by atoms with Crippen molar-refractivity contribution in [2.24, 2.45) is 0 Å². The minimum atomic E-state index is -4.15. The molecule has 3 saturated heterocycles. The summed E-state index contributed by atoms with van der Waals surface area (Å²) in [6.07, 6.45) is -4.70. The van der Waals surface area contributed by atoms with E-state index < -0.39 is 53.0 Å². The fraction of sp³-hybridized carbons (Fsp3) is 0.684. The number of hydrogen-bond donors (Lipinski definition) is 0. The van der Waals surface area contributed by atoms with E-state index >= 15 is 0 Å². The average Bonchev–Trinajstić information content (AvgIpc) is 2.73. The summed E-state index contributed by atoms with van der Waals surface area (Å²) in [5, 5.41) is 0. The lowest BCUT2D eigenvalue weighted by Crippen LogP contribution is -2.71. The van der Waals surface area contributed by atoms with Crippen LogP contribution in [0.3, 0.4) is 0 Å². The minimum Gasteiger partial charge on any atom is -0.379 e. The average molecular weight is 446 g/mol. The van der Waals surface area contributed by atoms with Crippen LogP contribution in [0.4, 0.5) is 0 Å². The molecule has 0 bridgehead atoms. The highest BCUT2D eigenvalue weighted by atomic mass is 32.3. The van der Waals surface area contributed by atoms with Crippen LogP contribution in [0.25, 0.3) is 0 Å². The van der Waals surface area contributed by atoms with E-state index in [1.165, 1.54) is 14.2 Å². The number of fused-ring (bicyclic) bond motifs is 3. The van der Waals surface area contributed by atoms with Crippen molar-refractivity contribution in [3.63, 3.8) is 0 Å². The van der Waals surface area contributed by atoms with Crippen LogP contribution in [0, 0.1) is 0 Å². The summed E-state index contributed by atoms with van der Waals surface area (Å²) in [5.74, 6) is -1.22. The number of methoxy groups -OCH3 is 2. The third kappa shape index (κ3) is 4.27. The smallest absolute Gasteiger partial charge is 0.379 e. The standard InChI is InChI=1S/C19H26O10S/c1-12-19(23-3,11-22-2)28-17-16(26-12)15-14(10-25-30(20,21)29-15)27-18(17)24-9-13-7-5-4-6-8-13/h4-8,12,14-18H,9-11H2,1-3H3/t12-,14-,15-,16+,17-,18-,19-/m1/s1. The third-order valence-electron chi connectivity index (χ3n) is 5.46. The first kappa shape index (κ1) is 22.1. The second kappa shape index (κ2) is 8.77. The molecule has 11 heteroatoms. The maximum atomic E-state index is 11.9. The van der Waals surface area contributed by atoms with Crippen LogP contribution in [-0.4, -0.2) is 78.4 Å².